The zero-order valence-electron chi connectivity index (χ0n) is 22.3. The number of hydrogen-bond acceptors (Lipinski definition) is 2. The van der Waals surface area contributed by atoms with Crippen LogP contribution in [0.1, 0.15) is 120 Å². The van der Waals surface area contributed by atoms with Gasteiger partial charge < -0.3 is 5.11 Å². The Morgan fingerprint density at radius 1 is 1.00 bits per heavy atom. The summed E-state index contributed by atoms with van der Waals surface area (Å²) in [5.74, 6) is 2.35. The van der Waals surface area contributed by atoms with Crippen molar-refractivity contribution in [3.05, 3.63) is 11.6 Å². The largest absolute Gasteiger partial charge is 0.393 e. The molecular formula is C30H50O2. The first-order chi connectivity index (χ1) is 14.8. The minimum Gasteiger partial charge on any atom is -0.393 e. The van der Waals surface area contributed by atoms with Gasteiger partial charge in [-0.2, -0.15) is 0 Å². The molecule has 0 saturated heterocycles. The molecule has 0 heterocycles. The van der Waals surface area contributed by atoms with Crippen LogP contribution in [0.3, 0.4) is 0 Å². The minimum atomic E-state index is -0.183. The van der Waals surface area contributed by atoms with Crippen molar-refractivity contribution >= 4 is 5.78 Å². The first-order valence-electron chi connectivity index (χ1n) is 13.7. The normalized spacial score (nSPS) is 48.8. The molecule has 3 fully saturated rings. The molecule has 1 N–H and O–H groups in total. The van der Waals surface area contributed by atoms with Crippen LogP contribution >= 0.6 is 0 Å². The van der Waals surface area contributed by atoms with E-state index in [1.165, 1.54) is 31.3 Å². The maximum Gasteiger partial charge on any atom is 0.164 e. The summed E-state index contributed by atoms with van der Waals surface area (Å²) < 4.78 is 0. The van der Waals surface area contributed by atoms with Crippen LogP contribution in [0, 0.1) is 44.8 Å². The van der Waals surface area contributed by atoms with E-state index in [9.17, 15) is 9.90 Å². The maximum atomic E-state index is 14.0. The molecule has 32 heavy (non-hydrogen) atoms. The number of aliphatic hydroxyl groups excluding tert-OH is 1. The van der Waals surface area contributed by atoms with E-state index in [2.05, 4.69) is 61.5 Å². The van der Waals surface area contributed by atoms with E-state index in [1.807, 2.05) is 0 Å². The summed E-state index contributed by atoms with van der Waals surface area (Å²) in [5, 5.41) is 10.8. The van der Waals surface area contributed by atoms with Gasteiger partial charge in [-0.3, -0.25) is 4.79 Å². The molecular weight excluding hydrogens is 392 g/mol. The molecule has 0 spiro atoms. The highest BCUT2D eigenvalue weighted by atomic mass is 16.3. The zero-order valence-corrected chi connectivity index (χ0v) is 22.3. The van der Waals surface area contributed by atoms with E-state index in [0.717, 1.165) is 38.5 Å². The Kier molecular flexibility index (Phi) is 5.89. The number of Topliss-reactive ketones (excluding diaryl/α,β-unsaturated/α-hetero) is 1. The third kappa shape index (κ3) is 3.17. The van der Waals surface area contributed by atoms with Gasteiger partial charge in [-0.05, 0) is 97.4 Å². The number of fused-ring (bicyclic) bond motifs is 5. The summed E-state index contributed by atoms with van der Waals surface area (Å²) in [4.78, 5) is 14.0. The lowest BCUT2D eigenvalue weighted by Gasteiger charge is -2.69. The van der Waals surface area contributed by atoms with E-state index >= 15 is 0 Å². The molecule has 4 rings (SSSR count). The van der Waals surface area contributed by atoms with Crippen molar-refractivity contribution in [2.24, 2.45) is 44.8 Å². The van der Waals surface area contributed by atoms with Crippen LogP contribution in [-0.4, -0.2) is 17.0 Å². The molecule has 2 nitrogen and oxygen atoms in total. The molecule has 0 radical (unpaired) electrons. The van der Waals surface area contributed by atoms with Gasteiger partial charge in [0.1, 0.15) is 0 Å². The van der Waals surface area contributed by atoms with Crippen LogP contribution in [0.2, 0.25) is 0 Å². The molecule has 0 amide bonds. The van der Waals surface area contributed by atoms with Crippen molar-refractivity contribution in [1.29, 1.82) is 0 Å². The van der Waals surface area contributed by atoms with Gasteiger partial charge in [-0.15, -0.1) is 0 Å². The molecule has 182 valence electrons. The molecule has 0 aromatic rings. The van der Waals surface area contributed by atoms with E-state index in [-0.39, 0.29) is 33.2 Å². The molecule has 3 saturated carbocycles. The predicted molar refractivity (Wildman–Crippen MR) is 133 cm³/mol. The molecule has 2 heteroatoms. The molecule has 0 aliphatic heterocycles. The number of allylic oxidation sites excluding steroid dienone is 2. The van der Waals surface area contributed by atoms with Crippen molar-refractivity contribution < 1.29 is 9.90 Å². The number of aliphatic hydroxyl groups is 1. The summed E-state index contributed by atoms with van der Waals surface area (Å²) in [5.41, 5.74) is 1.42. The van der Waals surface area contributed by atoms with Gasteiger partial charge in [-0.25, -0.2) is 0 Å². The fourth-order valence-corrected chi connectivity index (χ4v) is 9.24. The van der Waals surface area contributed by atoms with Crippen LogP contribution in [0.15, 0.2) is 11.6 Å². The fraction of sp³-hybridized carbons (Fsp3) is 0.900. The standard InChI is InChI=1S/C30H50O2/c1-9-20(2)12-15-27(5)18-19-29(7)21(25(27)32)10-11-23-28(6)16-14-24(31)26(3,4)22(28)13-17-30(23,29)8/h10,20,22-24,31H,9,11-19H2,1-8H3. The van der Waals surface area contributed by atoms with Crippen molar-refractivity contribution in [2.75, 3.05) is 0 Å². The van der Waals surface area contributed by atoms with Crippen molar-refractivity contribution in [3.63, 3.8) is 0 Å². The second-order valence-electron chi connectivity index (χ2n) is 14.1. The van der Waals surface area contributed by atoms with Gasteiger partial charge in [0.25, 0.3) is 0 Å². The Morgan fingerprint density at radius 2 is 1.69 bits per heavy atom. The van der Waals surface area contributed by atoms with E-state index in [1.54, 1.807) is 0 Å². The lowest BCUT2D eigenvalue weighted by Crippen LogP contribution is -2.64. The third-order valence-corrected chi connectivity index (χ3v) is 12.3. The molecule has 8 atom stereocenters. The quantitative estimate of drug-likeness (QED) is 0.483. The average molecular weight is 443 g/mol. The van der Waals surface area contributed by atoms with Gasteiger partial charge in [0.2, 0.25) is 0 Å². The highest BCUT2D eigenvalue weighted by Crippen LogP contribution is 2.73. The Balaban J connectivity index is 1.68. The highest BCUT2D eigenvalue weighted by molar-refractivity contribution is 6.02. The van der Waals surface area contributed by atoms with Gasteiger partial charge in [-0.1, -0.05) is 67.9 Å². The number of hydrogen-bond donors (Lipinski definition) is 1. The molecule has 0 aromatic heterocycles. The van der Waals surface area contributed by atoms with Crippen LogP contribution in [0.5, 0.6) is 0 Å². The lowest BCUT2D eigenvalue weighted by molar-refractivity contribution is -0.198. The number of carbonyl (C=O) groups is 1. The van der Waals surface area contributed by atoms with Crippen molar-refractivity contribution in [2.45, 2.75) is 126 Å². The number of rotatable bonds is 4. The second kappa shape index (κ2) is 7.69. The predicted octanol–water partition coefficient (Wildman–Crippen LogP) is 7.74. The smallest absolute Gasteiger partial charge is 0.164 e. The summed E-state index contributed by atoms with van der Waals surface area (Å²) in [6.45, 7) is 19.0. The van der Waals surface area contributed by atoms with E-state index in [4.69, 9.17) is 0 Å². The van der Waals surface area contributed by atoms with Crippen LogP contribution in [0.25, 0.3) is 0 Å². The average Bonchev–Trinajstić information content (AvgIpc) is 2.73. The van der Waals surface area contributed by atoms with Gasteiger partial charge in [0, 0.05) is 10.8 Å². The summed E-state index contributed by atoms with van der Waals surface area (Å²) in [6.07, 6.45) is 13.3. The molecule has 8 unspecified atom stereocenters. The first-order valence-corrected chi connectivity index (χ1v) is 13.7. The minimum absolute atomic E-state index is 0.00291. The number of ketones is 1. The Morgan fingerprint density at radius 3 is 2.34 bits per heavy atom. The van der Waals surface area contributed by atoms with Crippen LogP contribution in [0.4, 0.5) is 0 Å². The Hall–Kier alpha value is -0.630. The number of carbonyl (C=O) groups excluding carboxylic acids is 1. The zero-order chi connectivity index (χ0) is 23.7. The monoisotopic (exact) mass is 442 g/mol. The SMILES string of the molecule is CCC(C)CCC1(C)CCC2(C)C(=CCC3C4(C)CCC(O)C(C)(C)C4CCC32C)C1=O. The molecule has 0 bridgehead atoms. The molecule has 0 aromatic carbocycles. The second-order valence-corrected chi connectivity index (χ2v) is 14.1. The Labute approximate surface area is 198 Å². The topological polar surface area (TPSA) is 37.3 Å². The fourth-order valence-electron chi connectivity index (χ4n) is 9.24. The van der Waals surface area contributed by atoms with Crippen LogP contribution in [-0.2, 0) is 4.79 Å². The van der Waals surface area contributed by atoms with Gasteiger partial charge in [0.15, 0.2) is 5.78 Å². The first kappa shape index (κ1) is 24.5. The van der Waals surface area contributed by atoms with Gasteiger partial charge in [0.05, 0.1) is 6.10 Å². The third-order valence-electron chi connectivity index (χ3n) is 12.3. The summed E-state index contributed by atoms with van der Waals surface area (Å²) >= 11 is 0. The highest BCUT2D eigenvalue weighted by Gasteiger charge is 2.67. The lowest BCUT2D eigenvalue weighted by atomic mass is 9.35. The van der Waals surface area contributed by atoms with E-state index < -0.39 is 0 Å². The van der Waals surface area contributed by atoms with Gasteiger partial charge >= 0.3 is 0 Å². The van der Waals surface area contributed by atoms with Crippen molar-refractivity contribution in [1.82, 2.24) is 0 Å². The molecule has 4 aliphatic rings. The summed E-state index contributed by atoms with van der Waals surface area (Å²) in [6, 6.07) is 0. The molecule has 4 aliphatic carbocycles. The Bertz CT molecular complexity index is 795. The summed E-state index contributed by atoms with van der Waals surface area (Å²) in [7, 11) is 0. The van der Waals surface area contributed by atoms with Crippen molar-refractivity contribution in [3.8, 4) is 0 Å². The van der Waals surface area contributed by atoms with Crippen LogP contribution < -0.4 is 0 Å². The maximum absolute atomic E-state index is 14.0. The van der Waals surface area contributed by atoms with E-state index in [0.29, 0.717) is 23.5 Å².